The maximum Gasteiger partial charge on any atom is 0.249 e. The Bertz CT molecular complexity index is 644. The number of imidazole rings is 1. The predicted octanol–water partition coefficient (Wildman–Crippen LogP) is 2.28. The van der Waals surface area contributed by atoms with Gasteiger partial charge in [0.15, 0.2) is 0 Å². The summed E-state index contributed by atoms with van der Waals surface area (Å²) in [6.07, 6.45) is 3.35. The molecule has 0 radical (unpaired) electrons. The highest BCUT2D eigenvalue weighted by molar-refractivity contribution is 5.80. The van der Waals surface area contributed by atoms with Gasteiger partial charge in [-0.25, -0.2) is 4.98 Å². The van der Waals surface area contributed by atoms with Crippen molar-refractivity contribution in [3.63, 3.8) is 0 Å². The summed E-state index contributed by atoms with van der Waals surface area (Å²) in [6.45, 7) is 4.43. The number of hydrogen-bond donors (Lipinski definition) is 1. The van der Waals surface area contributed by atoms with E-state index in [4.69, 9.17) is 9.72 Å². The molecule has 0 saturated carbocycles. The van der Waals surface area contributed by atoms with E-state index in [0.717, 1.165) is 43.6 Å². The van der Waals surface area contributed by atoms with E-state index in [9.17, 15) is 4.79 Å². The first-order valence-corrected chi connectivity index (χ1v) is 8.13. The Balaban J connectivity index is 1.54. The fraction of sp³-hybridized carbons (Fsp3) is 0.529. The zero-order valence-corrected chi connectivity index (χ0v) is 13.0. The average molecular weight is 301 g/mol. The molecule has 0 aliphatic carbocycles. The molecule has 1 aromatic carbocycles. The molecule has 2 heterocycles. The predicted molar refractivity (Wildman–Crippen MR) is 85.7 cm³/mol. The van der Waals surface area contributed by atoms with E-state index in [0.29, 0.717) is 13.2 Å². The molecule has 118 valence electrons. The van der Waals surface area contributed by atoms with Crippen molar-refractivity contribution in [2.24, 2.45) is 0 Å². The van der Waals surface area contributed by atoms with Gasteiger partial charge in [-0.3, -0.25) is 4.79 Å². The summed E-state index contributed by atoms with van der Waals surface area (Å²) in [7, 11) is 0. The van der Waals surface area contributed by atoms with Gasteiger partial charge in [-0.1, -0.05) is 12.1 Å². The maximum absolute atomic E-state index is 11.9. The normalized spacial score (nSPS) is 18.0. The summed E-state index contributed by atoms with van der Waals surface area (Å²) >= 11 is 0. The van der Waals surface area contributed by atoms with Crippen LogP contribution in [0.5, 0.6) is 0 Å². The number of benzene rings is 1. The Morgan fingerprint density at radius 1 is 1.45 bits per heavy atom. The molecular formula is C17H23N3O2. The lowest BCUT2D eigenvalue weighted by Gasteiger charge is -2.10. The minimum atomic E-state index is -0.236. The SMILES string of the molecule is CCn1c(CCCNC(=O)C2CCCO2)nc2ccccc21. The second kappa shape index (κ2) is 6.92. The van der Waals surface area contributed by atoms with E-state index in [-0.39, 0.29) is 12.0 Å². The molecule has 1 atom stereocenters. The summed E-state index contributed by atoms with van der Waals surface area (Å²) < 4.78 is 7.63. The first kappa shape index (κ1) is 15.0. The van der Waals surface area contributed by atoms with Crippen LogP contribution in [0.4, 0.5) is 0 Å². The Kier molecular flexibility index (Phi) is 4.73. The van der Waals surface area contributed by atoms with E-state index in [1.165, 1.54) is 5.52 Å². The van der Waals surface area contributed by atoms with Gasteiger partial charge < -0.3 is 14.6 Å². The van der Waals surface area contributed by atoms with Crippen molar-refractivity contribution in [3.8, 4) is 0 Å². The number of carbonyl (C=O) groups is 1. The zero-order chi connectivity index (χ0) is 15.4. The van der Waals surface area contributed by atoms with Crippen molar-refractivity contribution in [2.45, 2.75) is 45.3 Å². The van der Waals surface area contributed by atoms with E-state index in [1.807, 2.05) is 18.2 Å². The largest absolute Gasteiger partial charge is 0.368 e. The van der Waals surface area contributed by atoms with Crippen molar-refractivity contribution in [1.29, 1.82) is 0 Å². The summed E-state index contributed by atoms with van der Waals surface area (Å²) in [5.74, 6) is 1.12. The van der Waals surface area contributed by atoms with Crippen LogP contribution in [0, 0.1) is 0 Å². The lowest BCUT2D eigenvalue weighted by Crippen LogP contribution is -2.34. The molecule has 1 aromatic heterocycles. The van der Waals surface area contributed by atoms with Gasteiger partial charge in [0.05, 0.1) is 11.0 Å². The van der Waals surface area contributed by atoms with Crippen LogP contribution in [0.25, 0.3) is 11.0 Å². The molecule has 22 heavy (non-hydrogen) atoms. The number of hydrogen-bond acceptors (Lipinski definition) is 3. The van der Waals surface area contributed by atoms with Gasteiger partial charge in [0.1, 0.15) is 11.9 Å². The van der Waals surface area contributed by atoms with Gasteiger partial charge in [0.2, 0.25) is 5.91 Å². The molecule has 1 fully saturated rings. The van der Waals surface area contributed by atoms with Crippen molar-refractivity contribution < 1.29 is 9.53 Å². The minimum Gasteiger partial charge on any atom is -0.368 e. The van der Waals surface area contributed by atoms with Gasteiger partial charge >= 0.3 is 0 Å². The van der Waals surface area contributed by atoms with Gasteiger partial charge in [0.25, 0.3) is 0 Å². The molecule has 0 spiro atoms. The quantitative estimate of drug-likeness (QED) is 0.833. The number of ether oxygens (including phenoxy) is 1. The van der Waals surface area contributed by atoms with Gasteiger partial charge in [-0.15, -0.1) is 0 Å². The number of fused-ring (bicyclic) bond motifs is 1. The highest BCUT2D eigenvalue weighted by atomic mass is 16.5. The number of carbonyl (C=O) groups excluding carboxylic acids is 1. The van der Waals surface area contributed by atoms with Crippen LogP contribution < -0.4 is 5.32 Å². The van der Waals surface area contributed by atoms with E-state index in [1.54, 1.807) is 0 Å². The Morgan fingerprint density at radius 3 is 3.09 bits per heavy atom. The molecule has 1 N–H and O–H groups in total. The van der Waals surface area contributed by atoms with E-state index in [2.05, 4.69) is 22.9 Å². The average Bonchev–Trinajstić information content (AvgIpc) is 3.18. The fourth-order valence-corrected chi connectivity index (χ4v) is 3.03. The molecular weight excluding hydrogens is 278 g/mol. The van der Waals surface area contributed by atoms with E-state index < -0.39 is 0 Å². The molecule has 5 nitrogen and oxygen atoms in total. The molecule has 0 bridgehead atoms. The maximum atomic E-state index is 11.9. The van der Waals surface area contributed by atoms with Crippen LogP contribution in [-0.2, 0) is 22.5 Å². The van der Waals surface area contributed by atoms with Crippen LogP contribution >= 0.6 is 0 Å². The fourth-order valence-electron chi connectivity index (χ4n) is 3.03. The summed E-state index contributed by atoms with van der Waals surface area (Å²) in [5, 5.41) is 2.97. The second-order valence-corrected chi connectivity index (χ2v) is 5.66. The van der Waals surface area contributed by atoms with Gasteiger partial charge in [-0.05, 0) is 38.3 Å². The third kappa shape index (κ3) is 3.14. The number of nitrogens with one attached hydrogen (secondary N) is 1. The number of aromatic nitrogens is 2. The Hall–Kier alpha value is -1.88. The number of amides is 1. The topological polar surface area (TPSA) is 56.2 Å². The van der Waals surface area contributed by atoms with Gasteiger partial charge in [-0.2, -0.15) is 0 Å². The monoisotopic (exact) mass is 301 g/mol. The lowest BCUT2D eigenvalue weighted by atomic mass is 10.2. The Labute approximate surface area is 130 Å². The molecule has 1 unspecified atom stereocenters. The van der Waals surface area contributed by atoms with Crippen molar-refractivity contribution >= 4 is 16.9 Å². The van der Waals surface area contributed by atoms with E-state index >= 15 is 0 Å². The zero-order valence-electron chi connectivity index (χ0n) is 13.0. The second-order valence-electron chi connectivity index (χ2n) is 5.66. The number of aryl methyl sites for hydroxylation is 2. The van der Waals surface area contributed by atoms with Crippen LogP contribution in [0.15, 0.2) is 24.3 Å². The van der Waals surface area contributed by atoms with Crippen LogP contribution in [0.1, 0.15) is 32.0 Å². The van der Waals surface area contributed by atoms with Crippen molar-refractivity contribution in [2.75, 3.05) is 13.2 Å². The van der Waals surface area contributed by atoms with Crippen LogP contribution in [-0.4, -0.2) is 34.7 Å². The highest BCUT2D eigenvalue weighted by Gasteiger charge is 2.22. The van der Waals surface area contributed by atoms with Gasteiger partial charge in [0, 0.05) is 26.1 Å². The third-order valence-corrected chi connectivity index (χ3v) is 4.15. The molecule has 1 aliphatic rings. The number of rotatable bonds is 6. The van der Waals surface area contributed by atoms with Crippen LogP contribution in [0.2, 0.25) is 0 Å². The van der Waals surface area contributed by atoms with Crippen molar-refractivity contribution in [1.82, 2.24) is 14.9 Å². The number of nitrogens with zero attached hydrogens (tertiary/aromatic N) is 2. The summed E-state index contributed by atoms with van der Waals surface area (Å²) in [4.78, 5) is 16.6. The van der Waals surface area contributed by atoms with Crippen molar-refractivity contribution in [3.05, 3.63) is 30.1 Å². The minimum absolute atomic E-state index is 0.0292. The number of para-hydroxylation sites is 2. The molecule has 1 aliphatic heterocycles. The molecule has 1 amide bonds. The van der Waals surface area contributed by atoms with Crippen LogP contribution in [0.3, 0.4) is 0 Å². The molecule has 3 rings (SSSR count). The summed E-state index contributed by atoms with van der Waals surface area (Å²) in [5.41, 5.74) is 2.23. The molecule has 5 heteroatoms. The first-order valence-electron chi connectivity index (χ1n) is 8.13. The smallest absolute Gasteiger partial charge is 0.249 e. The molecule has 1 saturated heterocycles. The molecule has 2 aromatic rings. The lowest BCUT2D eigenvalue weighted by molar-refractivity contribution is -0.130. The third-order valence-electron chi connectivity index (χ3n) is 4.15. The highest BCUT2D eigenvalue weighted by Crippen LogP contribution is 2.17. The Morgan fingerprint density at radius 2 is 2.32 bits per heavy atom. The first-order chi connectivity index (χ1) is 10.8. The summed E-state index contributed by atoms with van der Waals surface area (Å²) in [6, 6.07) is 8.21. The standard InChI is InChI=1S/C17H23N3O2/c1-2-20-14-8-4-3-7-13(14)19-16(20)10-5-11-18-17(21)15-9-6-12-22-15/h3-4,7-8,15H,2,5-6,9-12H2,1H3,(H,18,21).